The first-order chi connectivity index (χ1) is 15.1. The van der Waals surface area contributed by atoms with Crippen molar-refractivity contribution in [3.8, 4) is 0 Å². The molecule has 0 aliphatic heterocycles. The molecule has 0 bridgehead atoms. The normalized spacial score (nSPS) is 14.6. The van der Waals surface area contributed by atoms with Gasteiger partial charge in [0, 0.05) is 0 Å². The highest BCUT2D eigenvalue weighted by Gasteiger charge is 2.07. The third-order valence-corrected chi connectivity index (χ3v) is 7.65. The van der Waals surface area contributed by atoms with E-state index in [4.69, 9.17) is 0 Å². The van der Waals surface area contributed by atoms with E-state index in [9.17, 15) is 0 Å². The molecule has 0 aliphatic carbocycles. The summed E-state index contributed by atoms with van der Waals surface area (Å²) in [6, 6.07) is 0. The zero-order valence-corrected chi connectivity index (χ0v) is 23.0. The van der Waals surface area contributed by atoms with Gasteiger partial charge < -0.3 is 0 Å². The molecule has 188 valence electrons. The molecular weight excluding hydrogens is 372 g/mol. The molecule has 0 aromatic rings. The highest BCUT2D eigenvalue weighted by Crippen LogP contribution is 2.23. The van der Waals surface area contributed by atoms with Gasteiger partial charge in [0.15, 0.2) is 0 Å². The van der Waals surface area contributed by atoms with E-state index < -0.39 is 0 Å². The molecule has 31 heavy (non-hydrogen) atoms. The Morgan fingerprint density at radius 3 is 0.903 bits per heavy atom. The van der Waals surface area contributed by atoms with Crippen molar-refractivity contribution in [1.29, 1.82) is 0 Å². The maximum absolute atomic E-state index is 2.50. The van der Waals surface area contributed by atoms with E-state index in [2.05, 4.69) is 34.6 Å². The molecule has 0 aromatic heterocycles. The summed E-state index contributed by atoms with van der Waals surface area (Å²) in [4.78, 5) is 0. The minimum absolute atomic E-state index is 0.948. The van der Waals surface area contributed by atoms with E-state index in [1.54, 1.807) is 0 Å². The maximum Gasteiger partial charge on any atom is -0.0443 e. The van der Waals surface area contributed by atoms with Gasteiger partial charge in [0.25, 0.3) is 0 Å². The molecule has 3 atom stereocenters. The van der Waals surface area contributed by atoms with Gasteiger partial charge in [-0.15, -0.1) is 0 Å². The van der Waals surface area contributed by atoms with Gasteiger partial charge in [-0.3, -0.25) is 0 Å². The molecule has 0 N–H and O–H groups in total. The lowest BCUT2D eigenvalue weighted by molar-refractivity contribution is 0.375. The fraction of sp³-hybridized carbons (Fsp3) is 1.00. The predicted octanol–water partition coefficient (Wildman–Crippen LogP) is 11.9. The molecule has 0 nitrogen and oxygen atoms in total. The number of rotatable bonds is 25. The van der Waals surface area contributed by atoms with Crippen LogP contribution in [0.1, 0.15) is 182 Å². The highest BCUT2D eigenvalue weighted by molar-refractivity contribution is 4.60. The summed E-state index contributed by atoms with van der Waals surface area (Å²) in [6.45, 7) is 12.1. The summed E-state index contributed by atoms with van der Waals surface area (Å²) in [5, 5.41) is 0. The van der Waals surface area contributed by atoms with Gasteiger partial charge in [0.05, 0.1) is 0 Å². The summed E-state index contributed by atoms with van der Waals surface area (Å²) >= 11 is 0. The summed E-state index contributed by atoms with van der Waals surface area (Å²) in [6.07, 6.45) is 33.6. The van der Waals surface area contributed by atoms with E-state index >= 15 is 0 Å². The second-order valence-electron chi connectivity index (χ2n) is 11.4. The first-order valence-corrected chi connectivity index (χ1v) is 15.1. The minimum Gasteiger partial charge on any atom is -0.0654 e. The average Bonchev–Trinajstić information content (AvgIpc) is 2.76. The first-order valence-electron chi connectivity index (χ1n) is 15.1. The van der Waals surface area contributed by atoms with Gasteiger partial charge >= 0.3 is 0 Å². The standard InChI is InChI=1S/C31H64/c1-6-8-10-11-12-13-14-15-17-21-25-30(4)27-28-31(5)26-22-19-16-18-20-24-29(3)23-9-7-2/h29-31H,6-28H2,1-5H3. The van der Waals surface area contributed by atoms with Gasteiger partial charge in [-0.1, -0.05) is 182 Å². The second kappa shape index (κ2) is 24.6. The molecule has 0 saturated carbocycles. The van der Waals surface area contributed by atoms with Crippen molar-refractivity contribution in [3.63, 3.8) is 0 Å². The van der Waals surface area contributed by atoms with Crippen LogP contribution in [-0.4, -0.2) is 0 Å². The summed E-state index contributed by atoms with van der Waals surface area (Å²) in [7, 11) is 0. The van der Waals surface area contributed by atoms with E-state index in [-0.39, 0.29) is 0 Å². The lowest BCUT2D eigenvalue weighted by atomic mass is 9.91. The molecule has 3 unspecified atom stereocenters. The molecule has 0 amide bonds. The monoisotopic (exact) mass is 437 g/mol. The van der Waals surface area contributed by atoms with Crippen molar-refractivity contribution in [2.24, 2.45) is 17.8 Å². The second-order valence-corrected chi connectivity index (χ2v) is 11.4. The Morgan fingerprint density at radius 1 is 0.290 bits per heavy atom. The zero-order chi connectivity index (χ0) is 23.0. The molecule has 0 radical (unpaired) electrons. The largest absolute Gasteiger partial charge is 0.0654 e. The van der Waals surface area contributed by atoms with Crippen LogP contribution in [0.15, 0.2) is 0 Å². The fourth-order valence-electron chi connectivity index (χ4n) is 5.05. The lowest BCUT2D eigenvalue weighted by Crippen LogP contribution is -2.01. The molecule has 0 saturated heterocycles. The van der Waals surface area contributed by atoms with Crippen LogP contribution < -0.4 is 0 Å². The topological polar surface area (TPSA) is 0 Å². The maximum atomic E-state index is 2.50. The van der Waals surface area contributed by atoms with Crippen molar-refractivity contribution in [2.75, 3.05) is 0 Å². The summed E-state index contributed by atoms with van der Waals surface area (Å²) in [5.41, 5.74) is 0. The first kappa shape index (κ1) is 31.0. The summed E-state index contributed by atoms with van der Waals surface area (Å²) < 4.78 is 0. The third-order valence-electron chi connectivity index (χ3n) is 7.65. The quantitative estimate of drug-likeness (QED) is 0.125. The Morgan fingerprint density at radius 2 is 0.548 bits per heavy atom. The molecule has 0 heteroatoms. The minimum atomic E-state index is 0.948. The van der Waals surface area contributed by atoms with Gasteiger partial charge in [-0.05, 0) is 17.8 Å². The molecule has 0 fully saturated rings. The average molecular weight is 437 g/mol. The number of hydrogen-bond acceptors (Lipinski definition) is 0. The zero-order valence-electron chi connectivity index (χ0n) is 23.0. The highest BCUT2D eigenvalue weighted by atomic mass is 14.1. The molecule has 0 aromatic carbocycles. The molecule has 0 rings (SSSR count). The Labute approximate surface area is 200 Å². The van der Waals surface area contributed by atoms with Crippen LogP contribution in [0.2, 0.25) is 0 Å². The van der Waals surface area contributed by atoms with E-state index in [0.29, 0.717) is 0 Å². The van der Waals surface area contributed by atoms with Crippen LogP contribution in [0.25, 0.3) is 0 Å². The van der Waals surface area contributed by atoms with Gasteiger partial charge in [-0.2, -0.15) is 0 Å². The van der Waals surface area contributed by atoms with Crippen LogP contribution in [-0.2, 0) is 0 Å². The third kappa shape index (κ3) is 24.5. The Kier molecular flexibility index (Phi) is 24.6. The Balaban J connectivity index is 3.35. The van der Waals surface area contributed by atoms with E-state index in [1.165, 1.54) is 148 Å². The van der Waals surface area contributed by atoms with Crippen LogP contribution in [0.4, 0.5) is 0 Å². The summed E-state index contributed by atoms with van der Waals surface area (Å²) in [5.74, 6) is 2.86. The van der Waals surface area contributed by atoms with Crippen LogP contribution in [0.5, 0.6) is 0 Å². The molecular formula is C31H64. The smallest absolute Gasteiger partial charge is 0.0443 e. The van der Waals surface area contributed by atoms with Crippen LogP contribution in [0, 0.1) is 17.8 Å². The molecule has 0 spiro atoms. The van der Waals surface area contributed by atoms with Crippen molar-refractivity contribution in [1.82, 2.24) is 0 Å². The van der Waals surface area contributed by atoms with Crippen LogP contribution >= 0.6 is 0 Å². The van der Waals surface area contributed by atoms with E-state index in [1.807, 2.05) is 0 Å². The Bertz CT molecular complexity index is 320. The van der Waals surface area contributed by atoms with E-state index in [0.717, 1.165) is 17.8 Å². The number of unbranched alkanes of at least 4 members (excludes halogenated alkanes) is 14. The van der Waals surface area contributed by atoms with Crippen molar-refractivity contribution in [3.05, 3.63) is 0 Å². The van der Waals surface area contributed by atoms with Gasteiger partial charge in [-0.25, -0.2) is 0 Å². The van der Waals surface area contributed by atoms with Crippen molar-refractivity contribution in [2.45, 2.75) is 182 Å². The fourth-order valence-corrected chi connectivity index (χ4v) is 5.05. The van der Waals surface area contributed by atoms with Crippen molar-refractivity contribution >= 4 is 0 Å². The predicted molar refractivity (Wildman–Crippen MR) is 145 cm³/mol. The SMILES string of the molecule is CCCCCCCCCCCCC(C)CCC(C)CCCCCCCC(C)CCCC. The van der Waals surface area contributed by atoms with Gasteiger partial charge in [0.2, 0.25) is 0 Å². The molecule has 0 aliphatic rings. The Hall–Kier alpha value is 0. The number of hydrogen-bond donors (Lipinski definition) is 0. The van der Waals surface area contributed by atoms with Crippen molar-refractivity contribution < 1.29 is 0 Å². The lowest BCUT2D eigenvalue weighted by Gasteiger charge is -2.15. The van der Waals surface area contributed by atoms with Crippen LogP contribution in [0.3, 0.4) is 0 Å². The molecule has 0 heterocycles. The van der Waals surface area contributed by atoms with Gasteiger partial charge in [0.1, 0.15) is 0 Å².